The molecule has 0 spiro atoms. The minimum atomic E-state index is -0.573. The maximum Gasteiger partial charge on any atom is 0.310 e. The monoisotopic (exact) mass is 300 g/mol. The van der Waals surface area contributed by atoms with Crippen LogP contribution in [0.2, 0.25) is 0 Å². The standard InChI is InChI=1S/C15H28N2O4/c1-14(2,3)20-11(18)8-7-10(13(16)17)9-12(19)21-15(4,5)6/h7-9,16-17H2,1-6H3. The molecule has 21 heavy (non-hydrogen) atoms. The lowest BCUT2D eigenvalue weighted by molar-refractivity contribution is -0.156. The molecule has 0 aliphatic rings. The second-order valence-corrected chi connectivity index (χ2v) is 6.91. The molecule has 0 saturated heterocycles. The van der Waals surface area contributed by atoms with Crippen LogP contribution in [0.1, 0.15) is 60.8 Å². The van der Waals surface area contributed by atoms with E-state index in [0.29, 0.717) is 5.57 Å². The normalized spacial score (nSPS) is 11.7. The summed E-state index contributed by atoms with van der Waals surface area (Å²) in [6.07, 6.45) is 0.367. The van der Waals surface area contributed by atoms with Crippen LogP contribution in [0.5, 0.6) is 0 Å². The predicted molar refractivity (Wildman–Crippen MR) is 80.9 cm³/mol. The van der Waals surface area contributed by atoms with Crippen LogP contribution < -0.4 is 11.5 Å². The molecule has 0 rings (SSSR count). The molecule has 0 bridgehead atoms. The lowest BCUT2D eigenvalue weighted by Crippen LogP contribution is -2.26. The zero-order valence-electron chi connectivity index (χ0n) is 13.9. The van der Waals surface area contributed by atoms with Crippen LogP contribution in [0.25, 0.3) is 0 Å². The summed E-state index contributed by atoms with van der Waals surface area (Å²) in [6.45, 7) is 10.7. The molecule has 122 valence electrons. The molecule has 0 aromatic carbocycles. The highest BCUT2D eigenvalue weighted by molar-refractivity contribution is 5.74. The molecule has 0 unspecified atom stereocenters. The van der Waals surface area contributed by atoms with Crippen LogP contribution in [0, 0.1) is 0 Å². The lowest BCUT2D eigenvalue weighted by atomic mass is 10.1. The van der Waals surface area contributed by atoms with E-state index in [1.165, 1.54) is 0 Å². The first-order chi connectivity index (χ1) is 9.30. The second-order valence-electron chi connectivity index (χ2n) is 6.91. The van der Waals surface area contributed by atoms with E-state index in [0.717, 1.165) is 0 Å². The summed E-state index contributed by atoms with van der Waals surface area (Å²) in [5.41, 5.74) is 10.5. The molecule has 0 radical (unpaired) electrons. The van der Waals surface area contributed by atoms with Crippen molar-refractivity contribution in [2.45, 2.75) is 72.0 Å². The Hall–Kier alpha value is -1.72. The van der Waals surface area contributed by atoms with Crippen molar-refractivity contribution in [3.63, 3.8) is 0 Å². The number of hydrogen-bond acceptors (Lipinski definition) is 6. The van der Waals surface area contributed by atoms with Crippen molar-refractivity contribution in [2.24, 2.45) is 11.5 Å². The number of rotatable bonds is 5. The van der Waals surface area contributed by atoms with E-state index in [9.17, 15) is 9.59 Å². The third-order valence-corrected chi connectivity index (χ3v) is 2.24. The van der Waals surface area contributed by atoms with Crippen LogP contribution in [-0.2, 0) is 19.1 Å². The summed E-state index contributed by atoms with van der Waals surface area (Å²) < 4.78 is 10.4. The zero-order valence-corrected chi connectivity index (χ0v) is 13.9. The molecule has 0 heterocycles. The summed E-state index contributed by atoms with van der Waals surface area (Å²) >= 11 is 0. The minimum Gasteiger partial charge on any atom is -0.460 e. The number of nitrogens with two attached hydrogens (primary N) is 2. The zero-order chi connectivity index (χ0) is 16.8. The Morgan fingerprint density at radius 1 is 0.810 bits per heavy atom. The van der Waals surface area contributed by atoms with Gasteiger partial charge in [-0.1, -0.05) is 0 Å². The third kappa shape index (κ3) is 10.7. The van der Waals surface area contributed by atoms with Gasteiger partial charge in [0.05, 0.1) is 12.2 Å². The van der Waals surface area contributed by atoms with Gasteiger partial charge in [0, 0.05) is 6.42 Å². The SMILES string of the molecule is CC(C)(C)OC(=O)CCC(CC(=O)OC(C)(C)C)=C(N)N. The summed E-state index contributed by atoms with van der Waals surface area (Å²) in [5, 5.41) is 0. The molecule has 0 saturated carbocycles. The smallest absolute Gasteiger partial charge is 0.310 e. The number of hydrogen-bond donors (Lipinski definition) is 2. The van der Waals surface area contributed by atoms with Gasteiger partial charge in [-0.15, -0.1) is 0 Å². The maximum atomic E-state index is 11.8. The summed E-state index contributed by atoms with van der Waals surface area (Å²) in [4.78, 5) is 23.4. The molecule has 4 N–H and O–H groups in total. The van der Waals surface area contributed by atoms with E-state index >= 15 is 0 Å². The number of carbonyl (C=O) groups excluding carboxylic acids is 2. The van der Waals surface area contributed by atoms with Gasteiger partial charge in [-0.25, -0.2) is 0 Å². The quantitative estimate of drug-likeness (QED) is 0.752. The van der Waals surface area contributed by atoms with Crippen LogP contribution >= 0.6 is 0 Å². The van der Waals surface area contributed by atoms with E-state index < -0.39 is 17.2 Å². The number of ether oxygens (including phenoxy) is 2. The van der Waals surface area contributed by atoms with E-state index in [1.807, 2.05) is 0 Å². The van der Waals surface area contributed by atoms with Crippen molar-refractivity contribution < 1.29 is 19.1 Å². The largest absolute Gasteiger partial charge is 0.460 e. The van der Waals surface area contributed by atoms with E-state index in [1.54, 1.807) is 41.5 Å². The highest BCUT2D eigenvalue weighted by atomic mass is 16.6. The Morgan fingerprint density at radius 3 is 1.62 bits per heavy atom. The van der Waals surface area contributed by atoms with E-state index in [4.69, 9.17) is 20.9 Å². The number of carbonyl (C=O) groups is 2. The molecule has 0 aromatic heterocycles. The third-order valence-electron chi connectivity index (χ3n) is 2.24. The molecule has 0 atom stereocenters. The maximum absolute atomic E-state index is 11.8. The number of esters is 2. The van der Waals surface area contributed by atoms with Gasteiger partial charge in [0.15, 0.2) is 0 Å². The van der Waals surface area contributed by atoms with Crippen LogP contribution in [0.4, 0.5) is 0 Å². The van der Waals surface area contributed by atoms with Crippen molar-refractivity contribution in [1.82, 2.24) is 0 Å². The molecular formula is C15H28N2O4. The van der Waals surface area contributed by atoms with Crippen molar-refractivity contribution in [1.29, 1.82) is 0 Å². The predicted octanol–water partition coefficient (Wildman–Crippen LogP) is 1.97. The van der Waals surface area contributed by atoms with Crippen molar-refractivity contribution >= 4 is 11.9 Å². The van der Waals surface area contributed by atoms with Crippen molar-refractivity contribution in [3.05, 3.63) is 11.4 Å². The minimum absolute atomic E-state index is 0.0254. The van der Waals surface area contributed by atoms with Gasteiger partial charge in [0.1, 0.15) is 11.2 Å². The van der Waals surface area contributed by atoms with Crippen LogP contribution in [0.15, 0.2) is 11.4 Å². The first-order valence-corrected chi connectivity index (χ1v) is 6.97. The first kappa shape index (κ1) is 19.3. The summed E-state index contributed by atoms with van der Waals surface area (Å²) in [7, 11) is 0. The van der Waals surface area contributed by atoms with Gasteiger partial charge in [0.25, 0.3) is 0 Å². The highest BCUT2D eigenvalue weighted by Gasteiger charge is 2.20. The van der Waals surface area contributed by atoms with Crippen LogP contribution in [0.3, 0.4) is 0 Å². The summed E-state index contributed by atoms with van der Waals surface area (Å²) in [6, 6.07) is 0. The Kier molecular flexibility index (Phi) is 6.73. The fourth-order valence-corrected chi connectivity index (χ4v) is 1.53. The van der Waals surface area contributed by atoms with Gasteiger partial charge in [-0.05, 0) is 53.5 Å². The Bertz CT molecular complexity index is 410. The fourth-order valence-electron chi connectivity index (χ4n) is 1.53. The highest BCUT2D eigenvalue weighted by Crippen LogP contribution is 2.17. The fraction of sp³-hybridized carbons (Fsp3) is 0.733. The molecule has 0 aliphatic heterocycles. The van der Waals surface area contributed by atoms with Gasteiger partial charge < -0.3 is 20.9 Å². The van der Waals surface area contributed by atoms with Gasteiger partial charge >= 0.3 is 11.9 Å². The molecule has 0 aromatic rings. The molecule has 0 amide bonds. The van der Waals surface area contributed by atoms with Gasteiger partial charge in [0.2, 0.25) is 0 Å². The van der Waals surface area contributed by atoms with E-state index in [-0.39, 0.29) is 31.1 Å². The molecule has 6 nitrogen and oxygen atoms in total. The van der Waals surface area contributed by atoms with Crippen molar-refractivity contribution in [2.75, 3.05) is 0 Å². The van der Waals surface area contributed by atoms with Crippen molar-refractivity contribution in [3.8, 4) is 0 Å². The Morgan fingerprint density at radius 2 is 1.24 bits per heavy atom. The van der Waals surface area contributed by atoms with Gasteiger partial charge in [-0.3, -0.25) is 9.59 Å². The molecular weight excluding hydrogens is 272 g/mol. The Labute approximate surface area is 126 Å². The summed E-state index contributed by atoms with van der Waals surface area (Å²) in [5.74, 6) is -0.732. The second kappa shape index (κ2) is 7.33. The lowest BCUT2D eigenvalue weighted by Gasteiger charge is -2.21. The van der Waals surface area contributed by atoms with E-state index in [2.05, 4.69) is 0 Å². The average molecular weight is 300 g/mol. The topological polar surface area (TPSA) is 105 Å². The first-order valence-electron chi connectivity index (χ1n) is 6.97. The van der Waals surface area contributed by atoms with Gasteiger partial charge in [-0.2, -0.15) is 0 Å². The molecule has 6 heteroatoms. The molecule has 0 aliphatic carbocycles. The molecule has 0 fully saturated rings. The average Bonchev–Trinajstić information content (AvgIpc) is 2.18. The Balaban J connectivity index is 4.51. The van der Waals surface area contributed by atoms with Crippen LogP contribution in [-0.4, -0.2) is 23.1 Å².